The second kappa shape index (κ2) is 7.41. The average molecular weight is 265 g/mol. The third-order valence-corrected chi connectivity index (χ3v) is 2.63. The van der Waals surface area contributed by atoms with Crippen LogP contribution in [0.5, 0.6) is 5.75 Å². The summed E-state index contributed by atoms with van der Waals surface area (Å²) >= 11 is 0. The molecule has 0 aliphatic heterocycles. The van der Waals surface area contributed by atoms with E-state index >= 15 is 0 Å². The predicted octanol–water partition coefficient (Wildman–Crippen LogP) is 1.72. The molecule has 0 saturated carbocycles. The lowest BCUT2D eigenvalue weighted by molar-refractivity contribution is -0.143. The summed E-state index contributed by atoms with van der Waals surface area (Å²) in [7, 11) is 1.57. The van der Waals surface area contributed by atoms with Crippen LogP contribution in [0.15, 0.2) is 24.3 Å². The van der Waals surface area contributed by atoms with E-state index in [4.69, 9.17) is 9.47 Å². The van der Waals surface area contributed by atoms with Gasteiger partial charge in [-0.05, 0) is 38.1 Å². The molecule has 1 aromatic carbocycles. The summed E-state index contributed by atoms with van der Waals surface area (Å²) in [4.78, 5) is 25.0. The highest BCUT2D eigenvalue weighted by molar-refractivity contribution is 5.96. The Labute approximate surface area is 113 Å². The number of ether oxygens (including phenoxy) is 2. The number of carbonyl (C=O) groups is 2. The van der Waals surface area contributed by atoms with E-state index in [1.165, 1.54) is 4.90 Å². The molecular formula is C14H19NO4. The number of benzene rings is 1. The zero-order valence-corrected chi connectivity index (χ0v) is 11.5. The van der Waals surface area contributed by atoms with Gasteiger partial charge in [0.1, 0.15) is 12.3 Å². The fourth-order valence-corrected chi connectivity index (χ4v) is 1.61. The number of likely N-dealkylation sites (N-methyl/N-ethyl adjacent to an activating group) is 1. The minimum Gasteiger partial charge on any atom is -0.497 e. The van der Waals surface area contributed by atoms with Crippen LogP contribution in [0.4, 0.5) is 0 Å². The molecule has 5 heteroatoms. The molecule has 0 aromatic heterocycles. The summed E-state index contributed by atoms with van der Waals surface area (Å²) < 4.78 is 9.88. The maximum atomic E-state index is 12.2. The maximum Gasteiger partial charge on any atom is 0.325 e. The normalized spacial score (nSPS) is 9.84. The molecular weight excluding hydrogens is 246 g/mol. The molecule has 0 spiro atoms. The molecule has 19 heavy (non-hydrogen) atoms. The van der Waals surface area contributed by atoms with Gasteiger partial charge in [0.15, 0.2) is 0 Å². The molecule has 1 aromatic rings. The summed E-state index contributed by atoms with van der Waals surface area (Å²) in [6, 6.07) is 6.78. The summed E-state index contributed by atoms with van der Waals surface area (Å²) in [5.41, 5.74) is 0.520. The molecule has 0 radical (unpaired) electrons. The first-order valence-electron chi connectivity index (χ1n) is 6.21. The quantitative estimate of drug-likeness (QED) is 0.735. The van der Waals surface area contributed by atoms with Crippen molar-refractivity contribution in [1.82, 2.24) is 4.90 Å². The number of hydrogen-bond donors (Lipinski definition) is 0. The lowest BCUT2D eigenvalue weighted by atomic mass is 10.2. The number of esters is 1. The Morgan fingerprint density at radius 2 is 1.79 bits per heavy atom. The van der Waals surface area contributed by atoms with Gasteiger partial charge < -0.3 is 14.4 Å². The number of carbonyl (C=O) groups excluding carboxylic acids is 2. The first-order valence-corrected chi connectivity index (χ1v) is 6.21. The highest BCUT2D eigenvalue weighted by atomic mass is 16.5. The Morgan fingerprint density at radius 3 is 2.26 bits per heavy atom. The minimum absolute atomic E-state index is 0.0325. The first-order chi connectivity index (χ1) is 9.12. The standard InChI is InChI=1S/C14H19NO4/c1-4-15(10-13(16)19-5-2)14(17)11-6-8-12(18-3)9-7-11/h6-9H,4-5,10H2,1-3H3. The van der Waals surface area contributed by atoms with Gasteiger partial charge in [0, 0.05) is 12.1 Å². The van der Waals surface area contributed by atoms with Crippen molar-refractivity contribution in [2.75, 3.05) is 26.8 Å². The van der Waals surface area contributed by atoms with Crippen molar-refractivity contribution in [2.24, 2.45) is 0 Å². The van der Waals surface area contributed by atoms with Gasteiger partial charge in [-0.15, -0.1) is 0 Å². The van der Waals surface area contributed by atoms with Crippen LogP contribution in [-0.2, 0) is 9.53 Å². The highest BCUT2D eigenvalue weighted by Gasteiger charge is 2.17. The molecule has 0 N–H and O–H groups in total. The molecule has 0 atom stereocenters. The Bertz CT molecular complexity index is 428. The van der Waals surface area contributed by atoms with Crippen LogP contribution in [-0.4, -0.2) is 43.6 Å². The Morgan fingerprint density at radius 1 is 1.16 bits per heavy atom. The van der Waals surface area contributed by atoms with Crippen LogP contribution in [0, 0.1) is 0 Å². The van der Waals surface area contributed by atoms with E-state index in [0.29, 0.717) is 24.5 Å². The van der Waals surface area contributed by atoms with Gasteiger partial charge in [0.2, 0.25) is 0 Å². The number of amides is 1. The van der Waals surface area contributed by atoms with Gasteiger partial charge in [-0.25, -0.2) is 0 Å². The summed E-state index contributed by atoms with van der Waals surface area (Å²) in [5.74, 6) is 0.0920. The van der Waals surface area contributed by atoms with Gasteiger partial charge in [-0.1, -0.05) is 0 Å². The fourth-order valence-electron chi connectivity index (χ4n) is 1.61. The van der Waals surface area contributed by atoms with Crippen LogP contribution >= 0.6 is 0 Å². The van der Waals surface area contributed by atoms with E-state index in [9.17, 15) is 9.59 Å². The zero-order valence-electron chi connectivity index (χ0n) is 11.5. The Kier molecular flexibility index (Phi) is 5.85. The minimum atomic E-state index is -0.397. The van der Waals surface area contributed by atoms with E-state index < -0.39 is 5.97 Å². The Balaban J connectivity index is 2.74. The number of rotatable bonds is 6. The monoisotopic (exact) mass is 265 g/mol. The van der Waals surface area contributed by atoms with Crippen molar-refractivity contribution >= 4 is 11.9 Å². The second-order valence-corrected chi connectivity index (χ2v) is 3.85. The van der Waals surface area contributed by atoms with E-state index in [0.717, 1.165) is 0 Å². The smallest absolute Gasteiger partial charge is 0.325 e. The fraction of sp³-hybridized carbons (Fsp3) is 0.429. The average Bonchev–Trinajstić information content (AvgIpc) is 2.44. The molecule has 1 amide bonds. The highest BCUT2D eigenvalue weighted by Crippen LogP contribution is 2.13. The van der Waals surface area contributed by atoms with Gasteiger partial charge in [0.05, 0.1) is 13.7 Å². The molecule has 0 bridgehead atoms. The molecule has 0 aliphatic carbocycles. The Hall–Kier alpha value is -2.04. The molecule has 0 fully saturated rings. The molecule has 0 saturated heterocycles. The second-order valence-electron chi connectivity index (χ2n) is 3.85. The molecule has 0 aliphatic rings. The zero-order chi connectivity index (χ0) is 14.3. The van der Waals surface area contributed by atoms with Crippen molar-refractivity contribution in [1.29, 1.82) is 0 Å². The van der Waals surface area contributed by atoms with Crippen molar-refractivity contribution in [3.05, 3.63) is 29.8 Å². The van der Waals surface area contributed by atoms with Crippen LogP contribution in [0.1, 0.15) is 24.2 Å². The maximum absolute atomic E-state index is 12.2. The van der Waals surface area contributed by atoms with Gasteiger partial charge in [-0.2, -0.15) is 0 Å². The molecule has 104 valence electrons. The molecule has 0 unspecified atom stereocenters. The summed E-state index contributed by atoms with van der Waals surface area (Å²) in [5, 5.41) is 0. The van der Waals surface area contributed by atoms with Crippen molar-refractivity contribution in [3.63, 3.8) is 0 Å². The molecule has 5 nitrogen and oxygen atoms in total. The summed E-state index contributed by atoms with van der Waals surface area (Å²) in [6.07, 6.45) is 0. The van der Waals surface area contributed by atoms with Gasteiger partial charge in [0.25, 0.3) is 5.91 Å². The largest absolute Gasteiger partial charge is 0.497 e. The number of methoxy groups -OCH3 is 1. The molecule has 0 heterocycles. The van der Waals surface area contributed by atoms with Crippen molar-refractivity contribution in [3.8, 4) is 5.75 Å². The predicted molar refractivity (Wildman–Crippen MR) is 71.2 cm³/mol. The van der Waals surface area contributed by atoms with E-state index in [2.05, 4.69) is 0 Å². The SMILES string of the molecule is CCOC(=O)CN(CC)C(=O)c1ccc(OC)cc1. The van der Waals surface area contributed by atoms with Crippen LogP contribution in [0.25, 0.3) is 0 Å². The van der Waals surface area contributed by atoms with Gasteiger partial charge >= 0.3 is 5.97 Å². The van der Waals surface area contributed by atoms with E-state index in [1.807, 2.05) is 6.92 Å². The van der Waals surface area contributed by atoms with Crippen LogP contribution in [0.2, 0.25) is 0 Å². The van der Waals surface area contributed by atoms with E-state index in [-0.39, 0.29) is 12.5 Å². The third kappa shape index (κ3) is 4.28. The first kappa shape index (κ1) is 15.0. The summed E-state index contributed by atoms with van der Waals surface area (Å²) in [6.45, 7) is 4.28. The topological polar surface area (TPSA) is 55.8 Å². The van der Waals surface area contributed by atoms with Crippen molar-refractivity contribution in [2.45, 2.75) is 13.8 Å². The van der Waals surface area contributed by atoms with Crippen LogP contribution in [0.3, 0.4) is 0 Å². The van der Waals surface area contributed by atoms with E-state index in [1.54, 1.807) is 38.3 Å². The number of hydrogen-bond acceptors (Lipinski definition) is 4. The number of nitrogens with zero attached hydrogens (tertiary/aromatic N) is 1. The molecule has 1 rings (SSSR count). The van der Waals surface area contributed by atoms with Crippen molar-refractivity contribution < 1.29 is 19.1 Å². The van der Waals surface area contributed by atoms with Crippen LogP contribution < -0.4 is 4.74 Å². The lowest BCUT2D eigenvalue weighted by Crippen LogP contribution is -2.36. The van der Waals surface area contributed by atoms with Gasteiger partial charge in [-0.3, -0.25) is 9.59 Å². The lowest BCUT2D eigenvalue weighted by Gasteiger charge is -2.19. The third-order valence-electron chi connectivity index (χ3n) is 2.63.